The topological polar surface area (TPSA) is 69.6 Å². The lowest BCUT2D eigenvalue weighted by molar-refractivity contribution is -0.134. The van der Waals surface area contributed by atoms with Crippen LogP contribution < -0.4 is 10.2 Å². The smallest absolute Gasteiger partial charge is 0.234 e. The van der Waals surface area contributed by atoms with Gasteiger partial charge in [0.15, 0.2) is 5.82 Å². The van der Waals surface area contributed by atoms with E-state index in [9.17, 15) is 23.5 Å². The molecule has 0 spiro atoms. The summed E-state index contributed by atoms with van der Waals surface area (Å²) in [5, 5.41) is 11.4. The minimum atomic E-state index is -1.01. The van der Waals surface area contributed by atoms with Gasteiger partial charge in [-0.1, -0.05) is 0 Å². The first-order valence-electron chi connectivity index (χ1n) is 6.72. The number of rotatable bonds is 2. The lowest BCUT2D eigenvalue weighted by Gasteiger charge is -2.38. The second-order valence-corrected chi connectivity index (χ2v) is 5.36. The summed E-state index contributed by atoms with van der Waals surface area (Å²) < 4.78 is 28.5. The number of carbonyl (C=O) groups is 2. The molecule has 0 saturated carbocycles. The summed E-state index contributed by atoms with van der Waals surface area (Å²) in [7, 11) is 0. The van der Waals surface area contributed by atoms with E-state index < -0.39 is 35.5 Å². The Balaban J connectivity index is 1.96. The first-order valence-corrected chi connectivity index (χ1v) is 6.72. The third-order valence-corrected chi connectivity index (χ3v) is 3.90. The van der Waals surface area contributed by atoms with E-state index >= 15 is 0 Å². The van der Waals surface area contributed by atoms with Gasteiger partial charge in [0, 0.05) is 25.1 Å². The molecule has 1 aromatic rings. The molecule has 112 valence electrons. The second kappa shape index (κ2) is 5.07. The molecule has 7 heteroatoms. The molecular weight excluding hydrogens is 282 g/mol. The molecule has 2 fully saturated rings. The molecular formula is C14H14F2N2O3. The van der Waals surface area contributed by atoms with Crippen LogP contribution in [0.2, 0.25) is 0 Å². The van der Waals surface area contributed by atoms with Crippen LogP contribution in [-0.4, -0.2) is 36.1 Å². The highest BCUT2D eigenvalue weighted by Crippen LogP contribution is 2.35. The fourth-order valence-electron chi connectivity index (χ4n) is 2.74. The van der Waals surface area contributed by atoms with Gasteiger partial charge in [0.25, 0.3) is 0 Å². The van der Waals surface area contributed by atoms with Crippen LogP contribution in [0.3, 0.4) is 0 Å². The van der Waals surface area contributed by atoms with Crippen LogP contribution in [0.5, 0.6) is 0 Å². The average molecular weight is 296 g/mol. The van der Waals surface area contributed by atoms with Crippen molar-refractivity contribution < 1.29 is 23.5 Å². The molecule has 2 aliphatic heterocycles. The molecule has 1 atom stereocenters. The summed E-state index contributed by atoms with van der Waals surface area (Å²) in [6.07, 6.45) is -0.375. The van der Waals surface area contributed by atoms with Crippen molar-refractivity contribution in [2.75, 3.05) is 18.0 Å². The summed E-state index contributed by atoms with van der Waals surface area (Å²) in [6.45, 7) is 0.550. The van der Waals surface area contributed by atoms with Gasteiger partial charge >= 0.3 is 0 Å². The Hall–Kier alpha value is -2.02. The maximum Gasteiger partial charge on any atom is 0.234 e. The molecule has 0 bridgehead atoms. The number of nitrogens with one attached hydrogen (secondary N) is 1. The molecule has 2 aliphatic rings. The van der Waals surface area contributed by atoms with E-state index in [1.165, 1.54) is 6.07 Å². The Bertz CT molecular complexity index is 614. The number of imide groups is 1. The van der Waals surface area contributed by atoms with Crippen molar-refractivity contribution in [3.8, 4) is 0 Å². The van der Waals surface area contributed by atoms with Crippen LogP contribution >= 0.6 is 0 Å². The summed E-state index contributed by atoms with van der Waals surface area (Å²) in [5.74, 6) is -3.71. The molecule has 21 heavy (non-hydrogen) atoms. The molecule has 1 unspecified atom stereocenters. The largest absolute Gasteiger partial charge is 0.389 e. The highest BCUT2D eigenvalue weighted by Gasteiger charge is 2.35. The highest BCUT2D eigenvalue weighted by molar-refractivity contribution is 6.01. The molecule has 2 amide bonds. The molecule has 2 N–H and O–H groups in total. The van der Waals surface area contributed by atoms with Crippen LogP contribution in [0, 0.1) is 11.6 Å². The van der Waals surface area contributed by atoms with Crippen LogP contribution in [0.4, 0.5) is 14.5 Å². The predicted octanol–water partition coefficient (Wildman–Crippen LogP) is 0.666. The zero-order valence-corrected chi connectivity index (χ0v) is 11.1. The summed E-state index contributed by atoms with van der Waals surface area (Å²) in [6, 6.07) is 2.41. The molecule has 1 aromatic carbocycles. The van der Waals surface area contributed by atoms with Crippen molar-refractivity contribution in [3.05, 3.63) is 29.3 Å². The number of hydrogen-bond acceptors (Lipinski definition) is 4. The molecule has 0 aliphatic carbocycles. The Kier molecular flexibility index (Phi) is 3.36. The van der Waals surface area contributed by atoms with E-state index in [1.807, 2.05) is 0 Å². The zero-order valence-electron chi connectivity index (χ0n) is 11.1. The maximum absolute atomic E-state index is 14.6. The van der Waals surface area contributed by atoms with Crippen LogP contribution in [0.15, 0.2) is 12.1 Å². The standard InChI is InChI=1S/C14H14F2N2O3/c15-9-2-3-10(18-5-7(19)6-18)13(16)12(9)8-1-4-11(20)17-14(8)21/h2-3,7-8,19H,1,4-6H2,(H,17,20,21). The van der Waals surface area contributed by atoms with Gasteiger partial charge in [-0.25, -0.2) is 8.78 Å². The number of hydrogen-bond donors (Lipinski definition) is 2. The molecule has 3 rings (SSSR count). The van der Waals surface area contributed by atoms with Gasteiger partial charge in [-0.05, 0) is 18.6 Å². The fourth-order valence-corrected chi connectivity index (χ4v) is 2.74. The van der Waals surface area contributed by atoms with Crippen molar-refractivity contribution in [1.29, 1.82) is 0 Å². The Morgan fingerprint density at radius 3 is 2.57 bits per heavy atom. The molecule has 0 radical (unpaired) electrons. The number of aliphatic hydroxyl groups is 1. The summed E-state index contributed by atoms with van der Waals surface area (Å²) >= 11 is 0. The molecule has 0 aromatic heterocycles. The number of piperidine rings is 1. The van der Waals surface area contributed by atoms with Crippen molar-refractivity contribution in [2.45, 2.75) is 24.9 Å². The monoisotopic (exact) mass is 296 g/mol. The SMILES string of the molecule is O=C1CCC(c2c(F)ccc(N3CC(O)C3)c2F)C(=O)N1. The third-order valence-electron chi connectivity index (χ3n) is 3.90. The number of carbonyl (C=O) groups excluding carboxylic acids is 2. The lowest BCUT2D eigenvalue weighted by atomic mass is 9.89. The molecule has 5 nitrogen and oxygen atoms in total. The van der Waals surface area contributed by atoms with Gasteiger partial charge in [0.05, 0.1) is 17.7 Å². The first-order chi connectivity index (χ1) is 9.97. The number of β-amino-alcohol motifs (C(OH)–C–C–N with tert-alkyl or cyclic N) is 1. The minimum Gasteiger partial charge on any atom is -0.389 e. The van der Waals surface area contributed by atoms with Crippen molar-refractivity contribution in [3.63, 3.8) is 0 Å². The van der Waals surface area contributed by atoms with E-state index in [-0.39, 0.29) is 37.2 Å². The number of aliphatic hydroxyl groups excluding tert-OH is 1. The van der Waals surface area contributed by atoms with Gasteiger partial charge in [0.2, 0.25) is 11.8 Å². The Labute approximate surface area is 119 Å². The summed E-state index contributed by atoms with van der Waals surface area (Å²) in [4.78, 5) is 24.5. The van der Waals surface area contributed by atoms with Crippen molar-refractivity contribution in [2.24, 2.45) is 0 Å². The van der Waals surface area contributed by atoms with E-state index in [4.69, 9.17) is 0 Å². The van der Waals surface area contributed by atoms with E-state index in [1.54, 1.807) is 4.90 Å². The number of nitrogens with zero attached hydrogens (tertiary/aromatic N) is 1. The molecule has 2 heterocycles. The van der Waals surface area contributed by atoms with Crippen molar-refractivity contribution in [1.82, 2.24) is 5.32 Å². The number of benzene rings is 1. The number of anilines is 1. The second-order valence-electron chi connectivity index (χ2n) is 5.36. The minimum absolute atomic E-state index is 0.0575. The quantitative estimate of drug-likeness (QED) is 0.787. The van der Waals surface area contributed by atoms with Gasteiger partial charge in [-0.15, -0.1) is 0 Å². The third kappa shape index (κ3) is 2.37. The van der Waals surface area contributed by atoms with Gasteiger partial charge in [0.1, 0.15) is 5.82 Å². The summed E-state index contributed by atoms with van der Waals surface area (Å²) in [5.41, 5.74) is -0.139. The predicted molar refractivity (Wildman–Crippen MR) is 69.7 cm³/mol. The van der Waals surface area contributed by atoms with Crippen LogP contribution in [0.25, 0.3) is 0 Å². The van der Waals surface area contributed by atoms with Gasteiger partial charge < -0.3 is 10.0 Å². The number of amides is 2. The Morgan fingerprint density at radius 2 is 1.95 bits per heavy atom. The van der Waals surface area contributed by atoms with E-state index in [0.717, 1.165) is 6.07 Å². The maximum atomic E-state index is 14.6. The number of halogens is 2. The average Bonchev–Trinajstić information content (AvgIpc) is 2.38. The van der Waals surface area contributed by atoms with E-state index in [2.05, 4.69) is 5.32 Å². The van der Waals surface area contributed by atoms with Gasteiger partial charge in [-0.3, -0.25) is 14.9 Å². The normalized spacial score (nSPS) is 23.0. The lowest BCUT2D eigenvalue weighted by Crippen LogP contribution is -2.51. The van der Waals surface area contributed by atoms with Crippen molar-refractivity contribution >= 4 is 17.5 Å². The first kappa shape index (κ1) is 13.9. The Morgan fingerprint density at radius 1 is 1.24 bits per heavy atom. The molecule has 2 saturated heterocycles. The highest BCUT2D eigenvalue weighted by atomic mass is 19.1. The van der Waals surface area contributed by atoms with Crippen LogP contribution in [-0.2, 0) is 9.59 Å². The van der Waals surface area contributed by atoms with Crippen LogP contribution in [0.1, 0.15) is 24.3 Å². The fraction of sp³-hybridized carbons (Fsp3) is 0.429. The van der Waals surface area contributed by atoms with Gasteiger partial charge in [-0.2, -0.15) is 0 Å². The van der Waals surface area contributed by atoms with E-state index in [0.29, 0.717) is 0 Å². The zero-order chi connectivity index (χ0) is 15.1.